The Morgan fingerprint density at radius 2 is 1.64 bits per heavy atom. The molecule has 8 heteroatoms. The number of nitrogens with one attached hydrogen (secondary N) is 2. The fourth-order valence-electron chi connectivity index (χ4n) is 1.12. The Morgan fingerprint density at radius 3 is 2.36 bits per heavy atom. The van der Waals surface area contributed by atoms with Gasteiger partial charge in [-0.3, -0.25) is 19.8 Å². The molecule has 0 aliphatic carbocycles. The van der Waals surface area contributed by atoms with Crippen LogP contribution < -0.4 is 22.6 Å². The van der Waals surface area contributed by atoms with Gasteiger partial charge in [0.1, 0.15) is 11.2 Å². The average molecular weight is 194 g/mol. The van der Waals surface area contributed by atoms with Crippen LogP contribution in [0, 0.1) is 0 Å². The van der Waals surface area contributed by atoms with Crippen LogP contribution in [-0.2, 0) is 0 Å². The Kier molecular flexibility index (Phi) is 1.50. The van der Waals surface area contributed by atoms with E-state index in [0.717, 1.165) is 0 Å². The molecule has 6 N–H and O–H groups in total. The van der Waals surface area contributed by atoms with Crippen molar-refractivity contribution < 1.29 is 0 Å². The molecule has 2 heterocycles. The summed E-state index contributed by atoms with van der Waals surface area (Å²) in [4.78, 5) is 29.6. The zero-order valence-corrected chi connectivity index (χ0v) is 6.87. The van der Waals surface area contributed by atoms with E-state index in [2.05, 4.69) is 20.2 Å². The van der Waals surface area contributed by atoms with Crippen molar-refractivity contribution in [1.82, 2.24) is 20.2 Å². The molecular formula is C6H6N6O2. The summed E-state index contributed by atoms with van der Waals surface area (Å²) in [5.41, 5.74) is 9.46. The van der Waals surface area contributed by atoms with E-state index in [1.54, 1.807) is 0 Å². The summed E-state index contributed by atoms with van der Waals surface area (Å²) < 4.78 is 0. The third-order valence-corrected chi connectivity index (χ3v) is 1.69. The number of aromatic nitrogens is 4. The molecule has 0 unspecified atom stereocenters. The van der Waals surface area contributed by atoms with E-state index in [0.29, 0.717) is 0 Å². The van der Waals surface area contributed by atoms with Gasteiger partial charge in [-0.1, -0.05) is 0 Å². The average Bonchev–Trinajstić information content (AvgIpc) is 2.10. The zero-order chi connectivity index (χ0) is 10.3. The fourth-order valence-corrected chi connectivity index (χ4v) is 1.12. The molecule has 0 bridgehead atoms. The molecule has 0 saturated heterocycles. The molecule has 0 atom stereocenters. The number of rotatable bonds is 0. The third-order valence-electron chi connectivity index (χ3n) is 1.69. The van der Waals surface area contributed by atoms with Crippen LogP contribution in [0.15, 0.2) is 9.59 Å². The van der Waals surface area contributed by atoms with Gasteiger partial charge in [0.05, 0.1) is 0 Å². The number of hydrogen-bond donors (Lipinski definition) is 4. The van der Waals surface area contributed by atoms with Crippen molar-refractivity contribution >= 4 is 22.7 Å². The van der Waals surface area contributed by atoms with Crippen molar-refractivity contribution in [3.8, 4) is 0 Å². The van der Waals surface area contributed by atoms with Gasteiger partial charge in [-0.2, -0.15) is 4.98 Å². The summed E-state index contributed by atoms with van der Waals surface area (Å²) >= 11 is 0. The summed E-state index contributed by atoms with van der Waals surface area (Å²) in [6.45, 7) is 0. The van der Waals surface area contributed by atoms with E-state index >= 15 is 0 Å². The highest BCUT2D eigenvalue weighted by Gasteiger charge is 2.09. The standard InChI is InChI=1S/C6H6N6O2/c7-3-1-2(9-6(8)10-3)5(14)12-11-4(1)13/h(H,11,13)(H,12,14)(H4,7,8,9,10). The lowest BCUT2D eigenvalue weighted by Gasteiger charge is -1.99. The van der Waals surface area contributed by atoms with Gasteiger partial charge in [-0.25, -0.2) is 4.98 Å². The second-order valence-corrected chi connectivity index (χ2v) is 2.60. The van der Waals surface area contributed by atoms with Gasteiger partial charge < -0.3 is 11.5 Å². The first-order valence-electron chi connectivity index (χ1n) is 3.63. The molecule has 2 rings (SSSR count). The zero-order valence-electron chi connectivity index (χ0n) is 6.87. The Hall–Kier alpha value is -2.38. The first kappa shape index (κ1) is 8.23. The van der Waals surface area contributed by atoms with Gasteiger partial charge in [-0.15, -0.1) is 0 Å². The first-order valence-corrected chi connectivity index (χ1v) is 3.63. The number of H-pyrrole nitrogens is 2. The minimum atomic E-state index is -0.569. The number of aromatic amines is 2. The summed E-state index contributed by atoms with van der Waals surface area (Å²) in [6.07, 6.45) is 0. The minimum Gasteiger partial charge on any atom is -0.383 e. The Balaban J connectivity index is 3.16. The third kappa shape index (κ3) is 1.01. The van der Waals surface area contributed by atoms with Crippen LogP contribution in [-0.4, -0.2) is 20.2 Å². The molecule has 8 nitrogen and oxygen atoms in total. The lowest BCUT2D eigenvalue weighted by Crippen LogP contribution is -2.22. The fraction of sp³-hybridized carbons (Fsp3) is 0. The molecule has 0 amide bonds. The quantitative estimate of drug-likeness (QED) is 0.388. The molecule has 0 fully saturated rings. The van der Waals surface area contributed by atoms with Crippen LogP contribution in [0.1, 0.15) is 0 Å². The number of nitrogen functional groups attached to an aromatic ring is 2. The summed E-state index contributed by atoms with van der Waals surface area (Å²) in [5.74, 6) is -0.258. The minimum absolute atomic E-state index is 0.0528. The predicted octanol–water partition coefficient (Wildman–Crippen LogP) is -1.83. The highest BCUT2D eigenvalue weighted by Crippen LogP contribution is 2.09. The molecular weight excluding hydrogens is 188 g/mol. The molecule has 0 aliphatic heterocycles. The van der Waals surface area contributed by atoms with Crippen LogP contribution in [0.2, 0.25) is 0 Å². The maximum absolute atomic E-state index is 11.2. The van der Waals surface area contributed by atoms with Crippen molar-refractivity contribution in [2.75, 3.05) is 11.5 Å². The van der Waals surface area contributed by atoms with Crippen molar-refractivity contribution in [2.24, 2.45) is 0 Å². The van der Waals surface area contributed by atoms with Gasteiger partial charge in [0.25, 0.3) is 11.1 Å². The Morgan fingerprint density at radius 1 is 1.00 bits per heavy atom. The molecule has 0 aromatic carbocycles. The Labute approximate surface area is 76.0 Å². The van der Waals surface area contributed by atoms with Crippen molar-refractivity contribution in [2.45, 2.75) is 0 Å². The largest absolute Gasteiger partial charge is 0.383 e. The van der Waals surface area contributed by atoms with Crippen LogP contribution in [0.5, 0.6) is 0 Å². The monoisotopic (exact) mass is 194 g/mol. The molecule has 14 heavy (non-hydrogen) atoms. The van der Waals surface area contributed by atoms with Gasteiger partial charge >= 0.3 is 0 Å². The smallest absolute Gasteiger partial charge is 0.289 e. The maximum Gasteiger partial charge on any atom is 0.289 e. The number of hydrogen-bond acceptors (Lipinski definition) is 6. The van der Waals surface area contributed by atoms with Gasteiger partial charge in [0.2, 0.25) is 5.95 Å². The van der Waals surface area contributed by atoms with E-state index in [1.165, 1.54) is 0 Å². The lowest BCUT2D eigenvalue weighted by molar-refractivity contribution is 0.967. The van der Waals surface area contributed by atoms with E-state index in [4.69, 9.17) is 11.5 Å². The van der Waals surface area contributed by atoms with E-state index < -0.39 is 11.1 Å². The van der Waals surface area contributed by atoms with Crippen LogP contribution in [0.25, 0.3) is 10.9 Å². The summed E-state index contributed by atoms with van der Waals surface area (Å²) in [6, 6.07) is 0. The molecule has 72 valence electrons. The normalized spacial score (nSPS) is 10.6. The summed E-state index contributed by atoms with van der Waals surface area (Å²) in [7, 11) is 0. The van der Waals surface area contributed by atoms with Crippen molar-refractivity contribution in [3.63, 3.8) is 0 Å². The van der Waals surface area contributed by atoms with E-state index in [-0.39, 0.29) is 22.7 Å². The maximum atomic E-state index is 11.2. The van der Waals surface area contributed by atoms with Gasteiger partial charge in [-0.05, 0) is 0 Å². The highest BCUT2D eigenvalue weighted by atomic mass is 16.1. The van der Waals surface area contributed by atoms with E-state index in [9.17, 15) is 9.59 Å². The molecule has 0 spiro atoms. The van der Waals surface area contributed by atoms with E-state index in [1.807, 2.05) is 0 Å². The topological polar surface area (TPSA) is 144 Å². The molecule has 0 aliphatic rings. The number of anilines is 2. The highest BCUT2D eigenvalue weighted by molar-refractivity contribution is 5.86. The lowest BCUT2D eigenvalue weighted by atomic mass is 10.3. The van der Waals surface area contributed by atoms with Crippen LogP contribution >= 0.6 is 0 Å². The number of fused-ring (bicyclic) bond motifs is 1. The number of nitrogens with zero attached hydrogens (tertiary/aromatic N) is 2. The molecule has 2 aromatic heterocycles. The SMILES string of the molecule is Nc1nc(N)c2c(=O)[nH][nH]c(=O)c2n1. The van der Waals surface area contributed by atoms with Crippen molar-refractivity contribution in [3.05, 3.63) is 20.7 Å². The molecule has 2 aromatic rings. The predicted molar refractivity (Wildman–Crippen MR) is 49.6 cm³/mol. The van der Waals surface area contributed by atoms with Gasteiger partial charge in [0.15, 0.2) is 5.52 Å². The Bertz CT molecular complexity index is 612. The first-order chi connectivity index (χ1) is 6.59. The van der Waals surface area contributed by atoms with Gasteiger partial charge in [0, 0.05) is 0 Å². The second kappa shape index (κ2) is 2.55. The van der Waals surface area contributed by atoms with Crippen LogP contribution in [0.3, 0.4) is 0 Å². The van der Waals surface area contributed by atoms with Crippen LogP contribution in [0.4, 0.5) is 11.8 Å². The second-order valence-electron chi connectivity index (χ2n) is 2.60. The molecule has 0 saturated carbocycles. The van der Waals surface area contributed by atoms with Crippen molar-refractivity contribution in [1.29, 1.82) is 0 Å². The summed E-state index contributed by atoms with van der Waals surface area (Å²) in [5, 5.41) is 4.16. The molecule has 0 radical (unpaired) electrons. The number of nitrogens with two attached hydrogens (primary N) is 2.